The standard InChI is InChI=1S/C24H28FN3O4S/c1-17-12-13-19(14-21(17)25)28-22(29)15-27(33(31,32)20-10-4-3-5-11-20)16-24(28,2)23(30)26-18-8-6-7-9-18/h3-5,10-14,18H,6-9,15-16H2,1-2H3,(H,26,30)/t24-/m0/s1. The number of halogens is 1. The second kappa shape index (κ2) is 8.87. The fourth-order valence-corrected chi connectivity index (χ4v) is 6.11. The number of benzene rings is 2. The van der Waals surface area contributed by atoms with Crippen LogP contribution in [0.25, 0.3) is 0 Å². The second-order valence-corrected chi connectivity index (χ2v) is 10.9. The summed E-state index contributed by atoms with van der Waals surface area (Å²) in [5.41, 5.74) is -0.917. The highest BCUT2D eigenvalue weighted by Gasteiger charge is 2.51. The van der Waals surface area contributed by atoms with Crippen molar-refractivity contribution < 1.29 is 22.4 Å². The fraction of sp³-hybridized carbons (Fsp3) is 0.417. The van der Waals surface area contributed by atoms with Gasteiger partial charge in [-0.05, 0) is 56.5 Å². The van der Waals surface area contributed by atoms with Gasteiger partial charge in [0.2, 0.25) is 21.8 Å². The Morgan fingerprint density at radius 1 is 1.12 bits per heavy atom. The molecule has 7 nitrogen and oxygen atoms in total. The van der Waals surface area contributed by atoms with Gasteiger partial charge in [0.05, 0.1) is 11.4 Å². The Hall–Kier alpha value is -2.78. The van der Waals surface area contributed by atoms with E-state index in [1.54, 1.807) is 44.2 Å². The van der Waals surface area contributed by atoms with Gasteiger partial charge in [-0.3, -0.25) is 14.5 Å². The highest BCUT2D eigenvalue weighted by atomic mass is 32.2. The Kier molecular flexibility index (Phi) is 6.28. The molecule has 2 aromatic carbocycles. The molecule has 4 rings (SSSR count). The van der Waals surface area contributed by atoms with E-state index in [9.17, 15) is 22.4 Å². The van der Waals surface area contributed by atoms with Crippen LogP contribution in [0.4, 0.5) is 10.1 Å². The summed E-state index contributed by atoms with van der Waals surface area (Å²) in [5, 5.41) is 3.00. The number of carbonyl (C=O) groups excluding carboxylic acids is 2. The van der Waals surface area contributed by atoms with Crippen LogP contribution >= 0.6 is 0 Å². The highest BCUT2D eigenvalue weighted by molar-refractivity contribution is 7.89. The van der Waals surface area contributed by atoms with Gasteiger partial charge in [0.1, 0.15) is 11.4 Å². The van der Waals surface area contributed by atoms with Crippen molar-refractivity contribution in [2.75, 3.05) is 18.0 Å². The smallest absolute Gasteiger partial charge is 0.247 e. The molecule has 0 unspecified atom stereocenters. The molecule has 1 heterocycles. The maximum absolute atomic E-state index is 14.4. The Morgan fingerprint density at radius 3 is 2.42 bits per heavy atom. The maximum Gasteiger partial charge on any atom is 0.247 e. The van der Waals surface area contributed by atoms with Crippen molar-refractivity contribution >= 4 is 27.5 Å². The molecule has 2 amide bonds. The molecular weight excluding hydrogens is 445 g/mol. The number of nitrogens with one attached hydrogen (secondary N) is 1. The lowest BCUT2D eigenvalue weighted by molar-refractivity contribution is -0.133. The van der Waals surface area contributed by atoms with Gasteiger partial charge in [-0.2, -0.15) is 4.31 Å². The molecule has 1 aliphatic heterocycles. The lowest BCUT2D eigenvalue weighted by Gasteiger charge is -2.47. The van der Waals surface area contributed by atoms with Gasteiger partial charge in [0.25, 0.3) is 0 Å². The van der Waals surface area contributed by atoms with Crippen molar-refractivity contribution in [3.05, 3.63) is 59.9 Å². The molecule has 0 radical (unpaired) electrons. The van der Waals surface area contributed by atoms with Crippen molar-refractivity contribution in [1.82, 2.24) is 9.62 Å². The highest BCUT2D eigenvalue weighted by Crippen LogP contribution is 2.33. The van der Waals surface area contributed by atoms with Gasteiger partial charge < -0.3 is 5.32 Å². The molecule has 1 atom stereocenters. The van der Waals surface area contributed by atoms with Crippen LogP contribution in [-0.4, -0.2) is 49.2 Å². The lowest BCUT2D eigenvalue weighted by Crippen LogP contribution is -2.70. The van der Waals surface area contributed by atoms with E-state index in [1.165, 1.54) is 23.1 Å². The molecule has 1 saturated carbocycles. The minimum Gasteiger partial charge on any atom is -0.351 e. The third kappa shape index (κ3) is 4.39. The number of nitrogens with zero attached hydrogens (tertiary/aromatic N) is 2. The number of carbonyl (C=O) groups is 2. The first-order chi connectivity index (χ1) is 15.6. The van der Waals surface area contributed by atoms with Crippen molar-refractivity contribution in [3.8, 4) is 0 Å². The summed E-state index contributed by atoms with van der Waals surface area (Å²) in [4.78, 5) is 28.2. The summed E-state index contributed by atoms with van der Waals surface area (Å²) in [6, 6.07) is 12.1. The number of amides is 2. The van der Waals surface area contributed by atoms with E-state index in [2.05, 4.69) is 5.32 Å². The van der Waals surface area contributed by atoms with Crippen LogP contribution in [0.3, 0.4) is 0 Å². The maximum atomic E-state index is 14.4. The fourth-order valence-electron chi connectivity index (χ4n) is 4.61. The molecule has 1 saturated heterocycles. The molecule has 2 aromatic rings. The Labute approximate surface area is 193 Å². The van der Waals surface area contributed by atoms with Crippen LogP contribution in [0.2, 0.25) is 0 Å². The van der Waals surface area contributed by atoms with Crippen molar-refractivity contribution in [1.29, 1.82) is 0 Å². The summed E-state index contributed by atoms with van der Waals surface area (Å²) in [6.45, 7) is 2.46. The van der Waals surface area contributed by atoms with Gasteiger partial charge in [-0.25, -0.2) is 12.8 Å². The van der Waals surface area contributed by atoms with E-state index >= 15 is 0 Å². The summed E-state index contributed by atoms with van der Waals surface area (Å²) in [6.07, 6.45) is 3.67. The summed E-state index contributed by atoms with van der Waals surface area (Å²) < 4.78 is 42.0. The predicted octanol–water partition coefficient (Wildman–Crippen LogP) is 2.99. The third-order valence-corrected chi connectivity index (χ3v) is 8.32. The number of rotatable bonds is 5. The first kappa shape index (κ1) is 23.4. The average Bonchev–Trinajstić information content (AvgIpc) is 3.29. The van der Waals surface area contributed by atoms with Crippen LogP contribution in [0.1, 0.15) is 38.2 Å². The van der Waals surface area contributed by atoms with Crippen LogP contribution < -0.4 is 10.2 Å². The molecule has 0 aromatic heterocycles. The van der Waals surface area contributed by atoms with Crippen LogP contribution in [0.15, 0.2) is 53.4 Å². The first-order valence-corrected chi connectivity index (χ1v) is 12.5. The van der Waals surface area contributed by atoms with Gasteiger partial charge >= 0.3 is 0 Å². The average molecular weight is 474 g/mol. The monoisotopic (exact) mass is 473 g/mol. The SMILES string of the molecule is Cc1ccc(N2C(=O)CN(S(=O)(=O)c3ccccc3)C[C@@]2(C)C(=O)NC2CCCC2)cc1F. The second-order valence-electron chi connectivity index (χ2n) is 8.98. The van der Waals surface area contributed by atoms with Gasteiger partial charge in [-0.1, -0.05) is 37.1 Å². The first-order valence-electron chi connectivity index (χ1n) is 11.1. The quantitative estimate of drug-likeness (QED) is 0.723. The molecule has 0 spiro atoms. The molecule has 0 bridgehead atoms. The number of aryl methyl sites for hydroxylation is 1. The molecule has 9 heteroatoms. The van der Waals surface area contributed by atoms with Crippen LogP contribution in [0, 0.1) is 12.7 Å². The Bertz CT molecular complexity index is 1170. The molecule has 2 aliphatic rings. The topological polar surface area (TPSA) is 86.8 Å². The summed E-state index contributed by atoms with van der Waals surface area (Å²) in [7, 11) is -4.02. The minimum absolute atomic E-state index is 0.0258. The number of hydrogen-bond donors (Lipinski definition) is 1. The van der Waals surface area contributed by atoms with Crippen LogP contribution in [0.5, 0.6) is 0 Å². The van der Waals surface area contributed by atoms with E-state index in [0.717, 1.165) is 30.0 Å². The van der Waals surface area contributed by atoms with Gasteiger partial charge in [0.15, 0.2) is 0 Å². The number of piperazine rings is 1. The molecule has 2 fully saturated rings. The normalized spacial score (nSPS) is 22.5. The number of anilines is 1. The summed E-state index contributed by atoms with van der Waals surface area (Å²) >= 11 is 0. The Morgan fingerprint density at radius 2 is 1.79 bits per heavy atom. The molecule has 176 valence electrons. The van der Waals surface area contributed by atoms with E-state index in [1.807, 2.05) is 0 Å². The zero-order valence-electron chi connectivity index (χ0n) is 18.8. The van der Waals surface area contributed by atoms with Crippen LogP contribution in [-0.2, 0) is 19.6 Å². The Balaban J connectivity index is 1.74. The largest absolute Gasteiger partial charge is 0.351 e. The van der Waals surface area contributed by atoms with E-state index in [-0.39, 0.29) is 23.2 Å². The van der Waals surface area contributed by atoms with E-state index in [4.69, 9.17) is 0 Å². The van der Waals surface area contributed by atoms with Gasteiger partial charge in [-0.15, -0.1) is 0 Å². The zero-order chi connectivity index (χ0) is 23.8. The molecule has 33 heavy (non-hydrogen) atoms. The zero-order valence-corrected chi connectivity index (χ0v) is 19.6. The molecule has 1 N–H and O–H groups in total. The number of hydrogen-bond acceptors (Lipinski definition) is 4. The van der Waals surface area contributed by atoms with E-state index < -0.39 is 39.7 Å². The summed E-state index contributed by atoms with van der Waals surface area (Å²) in [5.74, 6) is -1.54. The third-order valence-electron chi connectivity index (χ3n) is 6.51. The lowest BCUT2D eigenvalue weighted by atomic mass is 9.93. The molecule has 1 aliphatic carbocycles. The van der Waals surface area contributed by atoms with Crippen molar-refractivity contribution in [2.45, 2.75) is 56.0 Å². The minimum atomic E-state index is -4.02. The predicted molar refractivity (Wildman–Crippen MR) is 123 cm³/mol. The van der Waals surface area contributed by atoms with Gasteiger partial charge in [0, 0.05) is 18.3 Å². The van der Waals surface area contributed by atoms with E-state index in [0.29, 0.717) is 5.56 Å². The molecular formula is C24H28FN3O4S. The number of sulfonamides is 1. The van der Waals surface area contributed by atoms with Crippen molar-refractivity contribution in [3.63, 3.8) is 0 Å². The van der Waals surface area contributed by atoms with Crippen molar-refractivity contribution in [2.24, 2.45) is 0 Å².